The molecule has 2 bridgehead atoms. The molecule has 2 fully saturated rings. The molecule has 2 aliphatic rings. The van der Waals surface area contributed by atoms with Gasteiger partial charge in [-0.1, -0.05) is 48.5 Å². The summed E-state index contributed by atoms with van der Waals surface area (Å²) in [5.41, 5.74) is 1.19. The largest absolute Gasteiger partial charge is 0.353 e. The fourth-order valence-electron chi connectivity index (χ4n) is 5.29. The Labute approximate surface area is 185 Å². The minimum Gasteiger partial charge on any atom is -0.353 e. The maximum atomic E-state index is 12.7. The second-order valence-electron chi connectivity index (χ2n) is 8.76. The predicted molar refractivity (Wildman–Crippen MR) is 125 cm³/mol. The van der Waals surface area contributed by atoms with Gasteiger partial charge in [0, 0.05) is 16.3 Å². The lowest BCUT2D eigenvalue weighted by molar-refractivity contribution is -0.119. The van der Waals surface area contributed by atoms with Crippen LogP contribution in [0.25, 0.3) is 20.7 Å². The number of aromatic nitrogens is 2. The Morgan fingerprint density at radius 1 is 1.23 bits per heavy atom. The minimum absolute atomic E-state index is 0.109. The summed E-state index contributed by atoms with van der Waals surface area (Å²) in [7, 11) is 0. The molecule has 0 saturated heterocycles. The number of carbonyl (C=O) groups is 1. The topological polar surface area (TPSA) is 54.9 Å². The summed E-state index contributed by atoms with van der Waals surface area (Å²) in [5, 5.41) is 5.22. The number of benzene rings is 1. The number of thioether (sulfide) groups is 1. The summed E-state index contributed by atoms with van der Waals surface area (Å²) in [5.74, 6) is 3.65. The molecule has 0 radical (unpaired) electrons. The number of hydrogen-bond donors (Lipinski definition) is 1. The first-order valence-electron chi connectivity index (χ1n) is 10.8. The molecule has 6 heteroatoms. The lowest BCUT2D eigenvalue weighted by Gasteiger charge is -2.28. The quantitative estimate of drug-likeness (QED) is 0.397. The van der Waals surface area contributed by atoms with Gasteiger partial charge in [0.15, 0.2) is 0 Å². The molecule has 3 aromatic rings. The number of carbonyl (C=O) groups excluding carboxylic acids is 1. The summed E-state index contributed by atoms with van der Waals surface area (Å²) in [4.78, 5) is 24.1. The summed E-state index contributed by atoms with van der Waals surface area (Å²) >= 11 is 3.21. The third-order valence-electron chi connectivity index (χ3n) is 6.69. The van der Waals surface area contributed by atoms with Crippen LogP contribution in [0.2, 0.25) is 0 Å². The molecule has 0 aliphatic heterocycles. The minimum atomic E-state index is 0.109. The van der Waals surface area contributed by atoms with Crippen molar-refractivity contribution < 1.29 is 4.79 Å². The third-order valence-corrected chi connectivity index (χ3v) is 8.76. The Balaban J connectivity index is 1.28. The van der Waals surface area contributed by atoms with Gasteiger partial charge in [-0.25, -0.2) is 9.97 Å². The van der Waals surface area contributed by atoms with Crippen LogP contribution in [-0.4, -0.2) is 27.7 Å². The number of nitrogens with one attached hydrogen (secondary N) is 1. The molecule has 156 valence electrons. The molecule has 4 unspecified atom stereocenters. The fourth-order valence-corrected chi connectivity index (χ4v) is 7.30. The van der Waals surface area contributed by atoms with Crippen LogP contribution >= 0.6 is 23.1 Å². The molecule has 2 aliphatic carbocycles. The smallest absolute Gasteiger partial charge is 0.230 e. The molecule has 5 rings (SSSR count). The number of nitrogens with zero attached hydrogens (tertiary/aromatic N) is 2. The van der Waals surface area contributed by atoms with Crippen molar-refractivity contribution in [2.75, 3.05) is 5.75 Å². The van der Waals surface area contributed by atoms with Crippen LogP contribution in [0.4, 0.5) is 0 Å². The maximum absolute atomic E-state index is 12.7. The van der Waals surface area contributed by atoms with E-state index in [2.05, 4.69) is 40.4 Å². The highest BCUT2D eigenvalue weighted by Gasteiger charge is 2.42. The van der Waals surface area contributed by atoms with Crippen molar-refractivity contribution in [2.45, 2.75) is 50.6 Å². The van der Waals surface area contributed by atoms with Crippen LogP contribution in [0.5, 0.6) is 0 Å². The molecule has 4 atom stereocenters. The molecule has 2 saturated carbocycles. The highest BCUT2D eigenvalue weighted by atomic mass is 32.2. The van der Waals surface area contributed by atoms with Gasteiger partial charge >= 0.3 is 0 Å². The van der Waals surface area contributed by atoms with Gasteiger partial charge in [0.25, 0.3) is 0 Å². The number of fused-ring (bicyclic) bond motifs is 3. The molecular formula is C24H27N3OS2. The van der Waals surface area contributed by atoms with Crippen molar-refractivity contribution >= 4 is 39.2 Å². The first-order valence-corrected chi connectivity index (χ1v) is 12.6. The Hall–Kier alpha value is -1.92. The fraction of sp³-hybridized carbons (Fsp3) is 0.458. The van der Waals surface area contributed by atoms with E-state index in [0.717, 1.165) is 32.9 Å². The first-order chi connectivity index (χ1) is 14.6. The molecule has 0 spiro atoms. The number of rotatable bonds is 6. The first kappa shape index (κ1) is 20.0. The van der Waals surface area contributed by atoms with Crippen LogP contribution in [0, 0.1) is 24.7 Å². The number of amides is 1. The van der Waals surface area contributed by atoms with E-state index < -0.39 is 0 Å². The Morgan fingerprint density at radius 3 is 2.80 bits per heavy atom. The van der Waals surface area contributed by atoms with E-state index in [1.807, 2.05) is 25.1 Å². The van der Waals surface area contributed by atoms with Gasteiger partial charge in [-0.15, -0.1) is 11.3 Å². The van der Waals surface area contributed by atoms with Crippen molar-refractivity contribution in [3.8, 4) is 10.4 Å². The van der Waals surface area contributed by atoms with Crippen LogP contribution < -0.4 is 5.32 Å². The van der Waals surface area contributed by atoms with Gasteiger partial charge in [-0.3, -0.25) is 4.79 Å². The SMILES string of the molecule is Cc1nc(SCC(=O)NC(C)C2CC3CCC2C3)c2cc(-c3ccccc3)sc2n1. The second kappa shape index (κ2) is 8.31. The van der Waals surface area contributed by atoms with Crippen molar-refractivity contribution in [3.05, 3.63) is 42.2 Å². The van der Waals surface area contributed by atoms with E-state index in [1.54, 1.807) is 11.3 Å². The summed E-state index contributed by atoms with van der Waals surface area (Å²) < 4.78 is 0. The van der Waals surface area contributed by atoms with Gasteiger partial charge in [-0.2, -0.15) is 0 Å². The average molecular weight is 438 g/mol. The Bertz CT molecular complexity index is 1070. The summed E-state index contributed by atoms with van der Waals surface area (Å²) in [6.45, 7) is 4.11. The third kappa shape index (κ3) is 4.00. The number of aryl methyl sites for hydroxylation is 1. The highest BCUT2D eigenvalue weighted by molar-refractivity contribution is 8.00. The number of thiophene rings is 1. The zero-order valence-electron chi connectivity index (χ0n) is 17.4. The lowest BCUT2D eigenvalue weighted by atomic mass is 9.84. The van der Waals surface area contributed by atoms with Gasteiger partial charge in [-0.05, 0) is 62.5 Å². The zero-order valence-corrected chi connectivity index (χ0v) is 19.1. The molecular weight excluding hydrogens is 410 g/mol. The molecule has 2 heterocycles. The van der Waals surface area contributed by atoms with Crippen molar-refractivity contribution in [1.29, 1.82) is 0 Å². The van der Waals surface area contributed by atoms with E-state index in [1.165, 1.54) is 47.9 Å². The molecule has 1 aromatic carbocycles. The van der Waals surface area contributed by atoms with Crippen LogP contribution in [-0.2, 0) is 4.79 Å². The Morgan fingerprint density at radius 2 is 2.07 bits per heavy atom. The second-order valence-corrected chi connectivity index (χ2v) is 10.7. The maximum Gasteiger partial charge on any atom is 0.230 e. The molecule has 30 heavy (non-hydrogen) atoms. The molecule has 4 nitrogen and oxygen atoms in total. The normalized spacial score (nSPS) is 23.7. The average Bonchev–Trinajstić information content (AvgIpc) is 3.48. The van der Waals surface area contributed by atoms with Crippen LogP contribution in [0.1, 0.15) is 38.4 Å². The van der Waals surface area contributed by atoms with Crippen LogP contribution in [0.3, 0.4) is 0 Å². The predicted octanol–water partition coefficient (Wildman–Crippen LogP) is 5.70. The van der Waals surface area contributed by atoms with E-state index >= 15 is 0 Å². The molecule has 2 aromatic heterocycles. The van der Waals surface area contributed by atoms with E-state index in [9.17, 15) is 4.79 Å². The monoisotopic (exact) mass is 437 g/mol. The highest BCUT2D eigenvalue weighted by Crippen LogP contribution is 2.49. The van der Waals surface area contributed by atoms with Gasteiger partial charge in [0.1, 0.15) is 15.7 Å². The van der Waals surface area contributed by atoms with Gasteiger partial charge < -0.3 is 5.32 Å². The van der Waals surface area contributed by atoms with Crippen molar-refractivity contribution in [2.24, 2.45) is 17.8 Å². The summed E-state index contributed by atoms with van der Waals surface area (Å²) in [6.07, 6.45) is 5.42. The standard InChI is InChI=1S/C24H27N3OS2/c1-14(19-11-16-8-9-18(19)10-16)25-22(28)13-29-23-20-12-21(17-6-4-3-5-7-17)30-24(20)27-15(2)26-23/h3-7,12,14,16,18-19H,8-11,13H2,1-2H3,(H,25,28). The van der Waals surface area contributed by atoms with Crippen molar-refractivity contribution in [1.82, 2.24) is 15.3 Å². The van der Waals surface area contributed by atoms with E-state index in [0.29, 0.717) is 11.7 Å². The van der Waals surface area contributed by atoms with Crippen LogP contribution in [0.15, 0.2) is 41.4 Å². The van der Waals surface area contributed by atoms with Crippen molar-refractivity contribution in [3.63, 3.8) is 0 Å². The zero-order chi connectivity index (χ0) is 20.7. The molecule has 1 N–H and O–H groups in total. The van der Waals surface area contributed by atoms with Gasteiger partial charge in [0.05, 0.1) is 5.75 Å². The van der Waals surface area contributed by atoms with E-state index in [4.69, 9.17) is 0 Å². The number of hydrogen-bond acceptors (Lipinski definition) is 5. The molecule has 1 amide bonds. The van der Waals surface area contributed by atoms with Gasteiger partial charge in [0.2, 0.25) is 5.91 Å². The summed E-state index contributed by atoms with van der Waals surface area (Å²) in [6, 6.07) is 12.8. The van der Waals surface area contributed by atoms with E-state index in [-0.39, 0.29) is 11.9 Å². The lowest BCUT2D eigenvalue weighted by Crippen LogP contribution is -2.40. The Kier molecular flexibility index (Phi) is 5.54.